The Morgan fingerprint density at radius 3 is 3.00 bits per heavy atom. The predicted octanol–water partition coefficient (Wildman–Crippen LogP) is 4.86. The van der Waals surface area contributed by atoms with Crippen LogP contribution in [0.15, 0.2) is 39.5 Å². The highest BCUT2D eigenvalue weighted by atomic mass is 79.9. The summed E-state index contributed by atoms with van der Waals surface area (Å²) in [6.45, 7) is 0. The fourth-order valence-electron chi connectivity index (χ4n) is 1.41. The maximum atomic E-state index is 4.52. The Morgan fingerprint density at radius 1 is 1.25 bits per heavy atom. The number of nitrogens with one attached hydrogen (secondary N) is 1. The quantitative estimate of drug-likeness (QED) is 0.731. The third-order valence-electron chi connectivity index (χ3n) is 2.12. The molecule has 0 aliphatic heterocycles. The third-order valence-corrected chi connectivity index (χ3v) is 4.23. The molecule has 2 nitrogen and oxygen atoms in total. The Balaban J connectivity index is 1.99. The maximum absolute atomic E-state index is 4.52. The summed E-state index contributed by atoms with van der Waals surface area (Å²) in [6.07, 6.45) is 0. The molecule has 2 aromatic heterocycles. The van der Waals surface area contributed by atoms with E-state index in [2.05, 4.69) is 37.7 Å². The van der Waals surface area contributed by atoms with Gasteiger partial charge in [0.2, 0.25) is 0 Å². The molecule has 5 heteroatoms. The van der Waals surface area contributed by atoms with E-state index in [4.69, 9.17) is 0 Å². The molecule has 1 N–H and O–H groups in total. The summed E-state index contributed by atoms with van der Waals surface area (Å²) in [5, 5.41) is 8.35. The molecule has 0 fully saturated rings. The van der Waals surface area contributed by atoms with E-state index in [1.165, 1.54) is 4.70 Å². The van der Waals surface area contributed by atoms with E-state index in [1.807, 2.05) is 23.6 Å². The van der Waals surface area contributed by atoms with Crippen LogP contribution in [0.3, 0.4) is 0 Å². The lowest BCUT2D eigenvalue weighted by atomic mass is 10.3. The van der Waals surface area contributed by atoms with Gasteiger partial charge in [-0.1, -0.05) is 27.3 Å². The lowest BCUT2D eigenvalue weighted by molar-refractivity contribution is 1.45. The van der Waals surface area contributed by atoms with Crippen molar-refractivity contribution in [3.8, 4) is 0 Å². The van der Waals surface area contributed by atoms with E-state index in [-0.39, 0.29) is 0 Å². The third kappa shape index (κ3) is 1.98. The first kappa shape index (κ1) is 10.3. The highest BCUT2D eigenvalue weighted by molar-refractivity contribution is 9.10. The molecule has 0 bridgehead atoms. The zero-order valence-electron chi connectivity index (χ0n) is 8.11. The Labute approximate surface area is 109 Å². The van der Waals surface area contributed by atoms with Crippen molar-refractivity contribution in [2.75, 3.05) is 5.32 Å². The molecule has 16 heavy (non-hydrogen) atoms. The van der Waals surface area contributed by atoms with Gasteiger partial charge in [-0.15, -0.1) is 0 Å². The number of hydrogen-bond acceptors (Lipinski definition) is 4. The van der Waals surface area contributed by atoms with Gasteiger partial charge < -0.3 is 5.32 Å². The predicted molar refractivity (Wildman–Crippen MR) is 74.9 cm³/mol. The molecule has 0 aliphatic rings. The van der Waals surface area contributed by atoms with Crippen LogP contribution in [0.5, 0.6) is 0 Å². The standard InChI is InChI=1S/C11H7BrN2S2/c12-7-1-2-9-10(5-7)16-11(14-9)13-8-3-4-15-6-8/h1-6H,(H,13,14). The van der Waals surface area contributed by atoms with Crippen molar-refractivity contribution in [2.45, 2.75) is 0 Å². The van der Waals surface area contributed by atoms with Crippen molar-refractivity contribution in [3.63, 3.8) is 0 Å². The number of thiophene rings is 1. The Bertz CT molecular complexity index is 616. The maximum Gasteiger partial charge on any atom is 0.188 e. The van der Waals surface area contributed by atoms with Crippen LogP contribution in [0.1, 0.15) is 0 Å². The van der Waals surface area contributed by atoms with E-state index >= 15 is 0 Å². The van der Waals surface area contributed by atoms with Gasteiger partial charge in [0, 0.05) is 9.85 Å². The Morgan fingerprint density at radius 2 is 2.19 bits per heavy atom. The van der Waals surface area contributed by atoms with Crippen LogP contribution in [0, 0.1) is 0 Å². The minimum atomic E-state index is 0.937. The topological polar surface area (TPSA) is 24.9 Å². The molecule has 0 amide bonds. The molecular weight excluding hydrogens is 304 g/mol. The number of aromatic nitrogens is 1. The summed E-state index contributed by atoms with van der Waals surface area (Å²) >= 11 is 6.80. The van der Waals surface area contributed by atoms with Crippen molar-refractivity contribution in [1.29, 1.82) is 0 Å². The number of anilines is 2. The fraction of sp³-hybridized carbons (Fsp3) is 0. The second-order valence-electron chi connectivity index (χ2n) is 3.27. The molecule has 3 aromatic rings. The highest BCUT2D eigenvalue weighted by Gasteiger charge is 2.04. The van der Waals surface area contributed by atoms with Gasteiger partial charge in [0.1, 0.15) is 0 Å². The summed E-state index contributed by atoms with van der Waals surface area (Å²) in [5.74, 6) is 0. The molecule has 0 atom stereocenters. The number of nitrogens with zero attached hydrogens (tertiary/aromatic N) is 1. The van der Waals surface area contributed by atoms with E-state index in [0.29, 0.717) is 0 Å². The number of thiazole rings is 1. The van der Waals surface area contributed by atoms with Gasteiger partial charge in [0.25, 0.3) is 0 Å². The zero-order chi connectivity index (χ0) is 11.0. The minimum absolute atomic E-state index is 0.937. The van der Waals surface area contributed by atoms with Crippen LogP contribution < -0.4 is 5.32 Å². The molecule has 0 saturated carbocycles. The van der Waals surface area contributed by atoms with Crippen molar-refractivity contribution in [1.82, 2.24) is 4.98 Å². The number of hydrogen-bond donors (Lipinski definition) is 1. The van der Waals surface area contributed by atoms with Crippen molar-refractivity contribution >= 4 is 59.6 Å². The first-order valence-electron chi connectivity index (χ1n) is 4.66. The smallest absolute Gasteiger partial charge is 0.188 e. The van der Waals surface area contributed by atoms with Gasteiger partial charge in [-0.2, -0.15) is 11.3 Å². The first-order chi connectivity index (χ1) is 7.81. The first-order valence-corrected chi connectivity index (χ1v) is 7.22. The van der Waals surface area contributed by atoms with Gasteiger partial charge >= 0.3 is 0 Å². The second kappa shape index (κ2) is 4.16. The number of benzene rings is 1. The molecule has 0 spiro atoms. The monoisotopic (exact) mass is 310 g/mol. The van der Waals surface area contributed by atoms with Gasteiger partial charge in [0.05, 0.1) is 15.9 Å². The molecule has 0 aliphatic carbocycles. The second-order valence-corrected chi connectivity index (χ2v) is 5.99. The van der Waals surface area contributed by atoms with E-state index in [9.17, 15) is 0 Å². The fourth-order valence-corrected chi connectivity index (χ4v) is 3.44. The van der Waals surface area contributed by atoms with Gasteiger partial charge in [-0.25, -0.2) is 4.98 Å². The lowest BCUT2D eigenvalue weighted by Gasteiger charge is -1.95. The molecular formula is C11H7BrN2S2. The SMILES string of the molecule is Brc1ccc2nc(Nc3ccsc3)sc2c1. The van der Waals surface area contributed by atoms with Crippen LogP contribution in [-0.2, 0) is 0 Å². The van der Waals surface area contributed by atoms with E-state index in [0.717, 1.165) is 20.8 Å². The normalized spacial score (nSPS) is 10.8. The molecule has 80 valence electrons. The molecule has 0 unspecified atom stereocenters. The van der Waals surface area contributed by atoms with Crippen LogP contribution in [0.2, 0.25) is 0 Å². The van der Waals surface area contributed by atoms with Gasteiger partial charge in [-0.05, 0) is 29.6 Å². The largest absolute Gasteiger partial charge is 0.331 e. The molecule has 2 heterocycles. The summed E-state index contributed by atoms with van der Waals surface area (Å²) in [7, 11) is 0. The molecule has 0 radical (unpaired) electrons. The van der Waals surface area contributed by atoms with Crippen molar-refractivity contribution in [2.24, 2.45) is 0 Å². The van der Waals surface area contributed by atoms with Gasteiger partial charge in [0.15, 0.2) is 5.13 Å². The average molecular weight is 311 g/mol. The summed E-state index contributed by atoms with van der Waals surface area (Å²) in [6, 6.07) is 8.17. The van der Waals surface area contributed by atoms with Crippen molar-refractivity contribution < 1.29 is 0 Å². The van der Waals surface area contributed by atoms with Crippen molar-refractivity contribution in [3.05, 3.63) is 39.5 Å². The van der Waals surface area contributed by atoms with Crippen LogP contribution >= 0.6 is 38.6 Å². The number of rotatable bonds is 2. The van der Waals surface area contributed by atoms with Crippen LogP contribution in [0.4, 0.5) is 10.8 Å². The number of fused-ring (bicyclic) bond motifs is 1. The van der Waals surface area contributed by atoms with E-state index in [1.54, 1.807) is 22.7 Å². The molecule has 1 aromatic carbocycles. The summed E-state index contributed by atoms with van der Waals surface area (Å²) < 4.78 is 2.28. The van der Waals surface area contributed by atoms with Gasteiger partial charge in [-0.3, -0.25) is 0 Å². The Hall–Kier alpha value is -0.910. The van der Waals surface area contributed by atoms with E-state index < -0.39 is 0 Å². The average Bonchev–Trinajstić information content (AvgIpc) is 2.86. The number of halogens is 1. The lowest BCUT2D eigenvalue weighted by Crippen LogP contribution is -1.85. The summed E-state index contributed by atoms with van der Waals surface area (Å²) in [4.78, 5) is 4.52. The van der Waals surface area contributed by atoms with Crippen LogP contribution in [-0.4, -0.2) is 4.98 Å². The Kier molecular flexibility index (Phi) is 2.67. The molecule has 3 rings (SSSR count). The summed E-state index contributed by atoms with van der Waals surface area (Å²) in [5.41, 5.74) is 2.13. The highest BCUT2D eigenvalue weighted by Crippen LogP contribution is 2.30. The van der Waals surface area contributed by atoms with Crippen LogP contribution in [0.25, 0.3) is 10.2 Å². The zero-order valence-corrected chi connectivity index (χ0v) is 11.3. The minimum Gasteiger partial charge on any atom is -0.331 e. The molecule has 0 saturated heterocycles.